The summed E-state index contributed by atoms with van der Waals surface area (Å²) < 4.78 is 5.31. The molecule has 20 heavy (non-hydrogen) atoms. The van der Waals surface area contributed by atoms with Crippen LogP contribution in [0.25, 0.3) is 0 Å². The predicted octanol–water partition coefficient (Wildman–Crippen LogP) is 2.89. The molecule has 2 unspecified atom stereocenters. The van der Waals surface area contributed by atoms with E-state index in [1.54, 1.807) is 0 Å². The first-order chi connectivity index (χ1) is 9.52. The average Bonchev–Trinajstić information content (AvgIpc) is 2.71. The molecule has 114 valence electrons. The van der Waals surface area contributed by atoms with Gasteiger partial charge in [-0.3, -0.25) is 4.90 Å². The maximum absolute atomic E-state index is 5.31. The summed E-state index contributed by atoms with van der Waals surface area (Å²) >= 11 is 0. The maximum Gasteiger partial charge on any atom is 0.138 e. The van der Waals surface area contributed by atoms with E-state index in [2.05, 4.69) is 36.1 Å². The van der Waals surface area contributed by atoms with Crippen LogP contribution >= 0.6 is 0 Å². The average molecular weight is 279 g/mol. The molecule has 0 spiro atoms. The van der Waals surface area contributed by atoms with Gasteiger partial charge in [0.05, 0.1) is 5.69 Å². The van der Waals surface area contributed by atoms with Gasteiger partial charge in [0.1, 0.15) is 5.76 Å². The molecule has 1 aromatic rings. The van der Waals surface area contributed by atoms with Crippen LogP contribution < -0.4 is 5.32 Å². The fourth-order valence-electron chi connectivity index (χ4n) is 3.21. The minimum absolute atomic E-state index is 0.594. The van der Waals surface area contributed by atoms with Crippen LogP contribution in [0.2, 0.25) is 0 Å². The second-order valence-corrected chi connectivity index (χ2v) is 6.44. The third-order valence-electron chi connectivity index (χ3n) is 4.49. The third kappa shape index (κ3) is 3.41. The van der Waals surface area contributed by atoms with Crippen molar-refractivity contribution in [2.24, 2.45) is 5.92 Å². The first-order valence-electron chi connectivity index (χ1n) is 7.92. The summed E-state index contributed by atoms with van der Waals surface area (Å²) in [6.45, 7) is 14.1. The quantitative estimate of drug-likeness (QED) is 0.900. The standard InChI is InChI=1S/C16H29N3O/c1-6-7-14-9-19(16(8-17-14)11(2)3)10-15-12(4)18-20-13(15)5/h11,14,16-17H,6-10H2,1-5H3. The van der Waals surface area contributed by atoms with Gasteiger partial charge in [0.15, 0.2) is 0 Å². The highest BCUT2D eigenvalue weighted by molar-refractivity contribution is 5.21. The molecular weight excluding hydrogens is 250 g/mol. The van der Waals surface area contributed by atoms with Crippen LogP contribution in [-0.4, -0.2) is 35.2 Å². The van der Waals surface area contributed by atoms with Crippen LogP contribution in [-0.2, 0) is 6.54 Å². The normalized spacial score (nSPS) is 24.5. The van der Waals surface area contributed by atoms with E-state index in [9.17, 15) is 0 Å². The van der Waals surface area contributed by atoms with Gasteiger partial charge in [0, 0.05) is 37.3 Å². The molecule has 0 saturated carbocycles. The Bertz CT molecular complexity index is 408. The summed E-state index contributed by atoms with van der Waals surface area (Å²) in [5, 5.41) is 7.80. The summed E-state index contributed by atoms with van der Waals surface area (Å²) in [6.07, 6.45) is 2.49. The molecule has 0 aromatic carbocycles. The lowest BCUT2D eigenvalue weighted by atomic mass is 9.96. The van der Waals surface area contributed by atoms with Crippen molar-refractivity contribution in [1.29, 1.82) is 0 Å². The van der Waals surface area contributed by atoms with Gasteiger partial charge in [-0.25, -0.2) is 0 Å². The smallest absolute Gasteiger partial charge is 0.138 e. The van der Waals surface area contributed by atoms with Crippen molar-refractivity contribution in [3.63, 3.8) is 0 Å². The van der Waals surface area contributed by atoms with Gasteiger partial charge in [-0.1, -0.05) is 32.3 Å². The molecule has 0 aliphatic carbocycles. The van der Waals surface area contributed by atoms with E-state index in [0.717, 1.165) is 31.1 Å². The molecule has 1 aliphatic heterocycles. The summed E-state index contributed by atoms with van der Waals surface area (Å²) in [7, 11) is 0. The third-order valence-corrected chi connectivity index (χ3v) is 4.49. The van der Waals surface area contributed by atoms with E-state index in [-0.39, 0.29) is 0 Å². The molecule has 4 nitrogen and oxygen atoms in total. The van der Waals surface area contributed by atoms with Gasteiger partial charge in [-0.2, -0.15) is 0 Å². The number of hydrogen-bond donors (Lipinski definition) is 1. The van der Waals surface area contributed by atoms with Crippen LogP contribution in [0.15, 0.2) is 4.52 Å². The van der Waals surface area contributed by atoms with E-state index in [0.29, 0.717) is 18.0 Å². The zero-order valence-electron chi connectivity index (χ0n) is 13.6. The molecule has 4 heteroatoms. The number of piperazine rings is 1. The molecule has 1 aromatic heterocycles. The summed E-state index contributed by atoms with van der Waals surface area (Å²) in [5.41, 5.74) is 2.31. The molecule has 1 aliphatic rings. The molecule has 0 bridgehead atoms. The van der Waals surface area contributed by atoms with Crippen LogP contribution in [0.1, 0.15) is 50.6 Å². The van der Waals surface area contributed by atoms with Crippen LogP contribution in [0.3, 0.4) is 0 Å². The van der Waals surface area contributed by atoms with Crippen molar-refractivity contribution in [2.75, 3.05) is 13.1 Å². The Labute approximate surface area is 122 Å². The van der Waals surface area contributed by atoms with Crippen LogP contribution in [0.5, 0.6) is 0 Å². The van der Waals surface area contributed by atoms with Crippen molar-refractivity contribution in [3.8, 4) is 0 Å². The van der Waals surface area contributed by atoms with Crippen molar-refractivity contribution in [2.45, 2.75) is 66.1 Å². The Kier molecular flexibility index (Phi) is 5.22. The molecule has 2 atom stereocenters. The number of rotatable bonds is 5. The summed E-state index contributed by atoms with van der Waals surface area (Å²) in [6, 6.07) is 1.22. The van der Waals surface area contributed by atoms with Gasteiger partial charge in [0.2, 0.25) is 0 Å². The van der Waals surface area contributed by atoms with Gasteiger partial charge in [-0.05, 0) is 26.2 Å². The van der Waals surface area contributed by atoms with E-state index in [4.69, 9.17) is 4.52 Å². The largest absolute Gasteiger partial charge is 0.361 e. The Morgan fingerprint density at radius 1 is 1.40 bits per heavy atom. The number of nitrogens with one attached hydrogen (secondary N) is 1. The van der Waals surface area contributed by atoms with E-state index >= 15 is 0 Å². The van der Waals surface area contributed by atoms with Gasteiger partial charge >= 0.3 is 0 Å². The second kappa shape index (κ2) is 6.72. The summed E-state index contributed by atoms with van der Waals surface area (Å²) in [4.78, 5) is 2.62. The number of hydrogen-bond acceptors (Lipinski definition) is 4. The molecule has 2 heterocycles. The first kappa shape index (κ1) is 15.5. The molecular formula is C16H29N3O. The predicted molar refractivity (Wildman–Crippen MR) is 81.7 cm³/mol. The second-order valence-electron chi connectivity index (χ2n) is 6.44. The van der Waals surface area contributed by atoms with Gasteiger partial charge in [0.25, 0.3) is 0 Å². The lowest BCUT2D eigenvalue weighted by molar-refractivity contribution is 0.0879. The zero-order valence-corrected chi connectivity index (χ0v) is 13.6. The zero-order chi connectivity index (χ0) is 14.7. The highest BCUT2D eigenvalue weighted by Crippen LogP contribution is 2.22. The minimum atomic E-state index is 0.594. The van der Waals surface area contributed by atoms with Crippen molar-refractivity contribution < 1.29 is 4.52 Å². The molecule has 0 radical (unpaired) electrons. The van der Waals surface area contributed by atoms with Crippen LogP contribution in [0, 0.1) is 19.8 Å². The van der Waals surface area contributed by atoms with Crippen LogP contribution in [0.4, 0.5) is 0 Å². The maximum atomic E-state index is 5.31. The topological polar surface area (TPSA) is 41.3 Å². The lowest BCUT2D eigenvalue weighted by Gasteiger charge is -2.42. The monoisotopic (exact) mass is 279 g/mol. The van der Waals surface area contributed by atoms with E-state index in [1.165, 1.54) is 18.4 Å². The highest BCUT2D eigenvalue weighted by atomic mass is 16.5. The molecule has 1 N–H and O–H groups in total. The van der Waals surface area contributed by atoms with Gasteiger partial charge < -0.3 is 9.84 Å². The van der Waals surface area contributed by atoms with E-state index in [1.807, 2.05) is 13.8 Å². The molecule has 2 rings (SSSR count). The fourth-order valence-corrected chi connectivity index (χ4v) is 3.21. The van der Waals surface area contributed by atoms with Crippen molar-refractivity contribution in [3.05, 3.63) is 17.0 Å². The molecule has 1 fully saturated rings. The SMILES string of the molecule is CCCC1CN(Cc2c(C)noc2C)C(C(C)C)CN1. The number of aryl methyl sites for hydroxylation is 2. The lowest BCUT2D eigenvalue weighted by Crippen LogP contribution is -2.57. The molecule has 0 amide bonds. The number of aromatic nitrogens is 1. The Morgan fingerprint density at radius 3 is 2.70 bits per heavy atom. The molecule has 1 saturated heterocycles. The minimum Gasteiger partial charge on any atom is -0.361 e. The Balaban J connectivity index is 2.11. The highest BCUT2D eigenvalue weighted by Gasteiger charge is 2.30. The fraction of sp³-hybridized carbons (Fsp3) is 0.812. The number of nitrogens with zero attached hydrogens (tertiary/aromatic N) is 2. The summed E-state index contributed by atoms with van der Waals surface area (Å²) in [5.74, 6) is 1.63. The first-order valence-corrected chi connectivity index (χ1v) is 7.92. The Hall–Kier alpha value is -0.870. The van der Waals surface area contributed by atoms with Gasteiger partial charge in [-0.15, -0.1) is 0 Å². The van der Waals surface area contributed by atoms with Crippen molar-refractivity contribution >= 4 is 0 Å². The van der Waals surface area contributed by atoms with Crippen molar-refractivity contribution in [1.82, 2.24) is 15.4 Å². The Morgan fingerprint density at radius 2 is 2.15 bits per heavy atom. The van der Waals surface area contributed by atoms with E-state index < -0.39 is 0 Å².